The molecule has 0 bridgehead atoms. The minimum absolute atomic E-state index is 0.169. The Balaban J connectivity index is 3.19. The molecule has 0 heterocycles. The molecule has 0 saturated carbocycles. The van der Waals surface area contributed by atoms with Gasteiger partial charge in [0.1, 0.15) is 11.3 Å². The molecule has 0 aromatic heterocycles. The van der Waals surface area contributed by atoms with Crippen molar-refractivity contribution in [3.8, 4) is 5.75 Å². The number of carbonyl (C=O) groups is 2. The summed E-state index contributed by atoms with van der Waals surface area (Å²) in [5.74, 6) is -0.934. The van der Waals surface area contributed by atoms with Crippen LogP contribution in [-0.2, 0) is 9.53 Å². The zero-order valence-electron chi connectivity index (χ0n) is 12.2. The van der Waals surface area contributed by atoms with Gasteiger partial charge in [-0.1, -0.05) is 6.58 Å². The summed E-state index contributed by atoms with van der Waals surface area (Å²) >= 11 is 0. The van der Waals surface area contributed by atoms with Crippen LogP contribution in [0.2, 0.25) is 0 Å². The Morgan fingerprint density at radius 2 is 1.95 bits per heavy atom. The second-order valence-electron chi connectivity index (χ2n) is 4.47. The van der Waals surface area contributed by atoms with Crippen LogP contribution in [0.15, 0.2) is 30.4 Å². The second kappa shape index (κ2) is 6.75. The number of ether oxygens (including phenoxy) is 2. The summed E-state index contributed by atoms with van der Waals surface area (Å²) in [7, 11) is 3.70. The minimum Gasteiger partial charge on any atom is -0.462 e. The molecule has 0 saturated heterocycles. The van der Waals surface area contributed by atoms with Crippen molar-refractivity contribution in [1.29, 1.82) is 0 Å². The van der Waals surface area contributed by atoms with E-state index in [4.69, 9.17) is 9.47 Å². The molecule has 0 aliphatic rings. The molecule has 0 aliphatic heterocycles. The lowest BCUT2D eigenvalue weighted by Gasteiger charge is -2.16. The maximum atomic E-state index is 11.8. The van der Waals surface area contributed by atoms with Crippen molar-refractivity contribution in [2.45, 2.75) is 13.8 Å². The van der Waals surface area contributed by atoms with Gasteiger partial charge in [-0.25, -0.2) is 9.59 Å². The van der Waals surface area contributed by atoms with E-state index in [1.165, 1.54) is 0 Å². The van der Waals surface area contributed by atoms with Gasteiger partial charge >= 0.3 is 11.9 Å². The van der Waals surface area contributed by atoms with Crippen molar-refractivity contribution in [1.82, 2.24) is 0 Å². The highest BCUT2D eigenvalue weighted by molar-refractivity contribution is 5.96. The molecule has 0 fully saturated rings. The predicted octanol–water partition coefficient (Wildman–Crippen LogP) is 2.41. The standard InChI is InChI=1S/C15H19NO4/c1-6-19-15(18)12-8-7-11(16(4)5)9-13(12)20-14(17)10(2)3/h7-9H,2,6H2,1,3-5H3. The predicted molar refractivity (Wildman–Crippen MR) is 77.2 cm³/mol. The maximum Gasteiger partial charge on any atom is 0.341 e. The number of benzene rings is 1. The van der Waals surface area contributed by atoms with Gasteiger partial charge in [-0.2, -0.15) is 0 Å². The molecule has 0 aliphatic carbocycles. The number of anilines is 1. The van der Waals surface area contributed by atoms with Gasteiger partial charge in [-0.05, 0) is 26.0 Å². The summed E-state index contributed by atoms with van der Waals surface area (Å²) in [6.45, 7) is 7.03. The molecule has 1 aromatic carbocycles. The highest BCUT2D eigenvalue weighted by Crippen LogP contribution is 2.26. The first-order valence-corrected chi connectivity index (χ1v) is 6.23. The number of rotatable bonds is 5. The molecule has 5 nitrogen and oxygen atoms in total. The Hall–Kier alpha value is -2.30. The number of hydrogen-bond donors (Lipinski definition) is 0. The third-order valence-corrected chi connectivity index (χ3v) is 2.53. The van der Waals surface area contributed by atoms with E-state index in [9.17, 15) is 9.59 Å². The molecule has 5 heteroatoms. The number of hydrogen-bond acceptors (Lipinski definition) is 5. The zero-order chi connectivity index (χ0) is 15.3. The van der Waals surface area contributed by atoms with Crippen molar-refractivity contribution in [3.05, 3.63) is 35.9 Å². The lowest BCUT2D eigenvalue weighted by atomic mass is 10.1. The minimum atomic E-state index is -0.577. The molecule has 0 N–H and O–H groups in total. The molecule has 0 amide bonds. The first-order chi connectivity index (χ1) is 9.36. The summed E-state index contributed by atoms with van der Waals surface area (Å²) in [4.78, 5) is 25.3. The SMILES string of the molecule is C=C(C)C(=O)Oc1cc(N(C)C)ccc1C(=O)OCC. The Morgan fingerprint density at radius 1 is 1.30 bits per heavy atom. The van der Waals surface area contributed by atoms with Gasteiger partial charge in [0.25, 0.3) is 0 Å². The Morgan fingerprint density at radius 3 is 2.45 bits per heavy atom. The third-order valence-electron chi connectivity index (χ3n) is 2.53. The third kappa shape index (κ3) is 3.85. The molecule has 0 atom stereocenters. The summed E-state index contributed by atoms with van der Waals surface area (Å²) in [5, 5.41) is 0. The van der Waals surface area contributed by atoms with Gasteiger partial charge in [0.2, 0.25) is 0 Å². The van der Waals surface area contributed by atoms with E-state index in [1.54, 1.807) is 32.0 Å². The summed E-state index contributed by atoms with van der Waals surface area (Å²) < 4.78 is 10.1. The van der Waals surface area contributed by atoms with E-state index in [1.807, 2.05) is 19.0 Å². The van der Waals surface area contributed by atoms with E-state index >= 15 is 0 Å². The molecule has 0 radical (unpaired) electrons. The van der Waals surface area contributed by atoms with Gasteiger partial charge in [0, 0.05) is 31.4 Å². The van der Waals surface area contributed by atoms with Crippen molar-refractivity contribution in [2.24, 2.45) is 0 Å². The van der Waals surface area contributed by atoms with Crippen LogP contribution in [0.3, 0.4) is 0 Å². The van der Waals surface area contributed by atoms with E-state index in [2.05, 4.69) is 6.58 Å². The van der Waals surface area contributed by atoms with Crippen LogP contribution in [0.25, 0.3) is 0 Å². The first kappa shape index (κ1) is 15.8. The van der Waals surface area contributed by atoms with E-state index < -0.39 is 11.9 Å². The van der Waals surface area contributed by atoms with Crippen molar-refractivity contribution in [2.75, 3.05) is 25.6 Å². The Labute approximate surface area is 118 Å². The van der Waals surface area contributed by atoms with Crippen molar-refractivity contribution < 1.29 is 19.1 Å². The average Bonchev–Trinajstić information content (AvgIpc) is 2.38. The number of nitrogens with zero attached hydrogens (tertiary/aromatic N) is 1. The molecular weight excluding hydrogens is 258 g/mol. The summed E-state index contributed by atoms with van der Waals surface area (Å²) in [6.07, 6.45) is 0. The molecule has 0 unspecified atom stereocenters. The van der Waals surface area contributed by atoms with Crippen LogP contribution >= 0.6 is 0 Å². The van der Waals surface area contributed by atoms with E-state index in [-0.39, 0.29) is 23.5 Å². The van der Waals surface area contributed by atoms with Crippen LogP contribution in [0.1, 0.15) is 24.2 Å². The maximum absolute atomic E-state index is 11.8. The molecule has 20 heavy (non-hydrogen) atoms. The highest BCUT2D eigenvalue weighted by atomic mass is 16.5. The van der Waals surface area contributed by atoms with Gasteiger partial charge < -0.3 is 14.4 Å². The van der Waals surface area contributed by atoms with E-state index in [0.29, 0.717) is 0 Å². The van der Waals surface area contributed by atoms with Crippen LogP contribution < -0.4 is 9.64 Å². The first-order valence-electron chi connectivity index (χ1n) is 6.23. The monoisotopic (exact) mass is 277 g/mol. The van der Waals surface area contributed by atoms with Crippen LogP contribution in [-0.4, -0.2) is 32.6 Å². The smallest absolute Gasteiger partial charge is 0.341 e. The van der Waals surface area contributed by atoms with Crippen LogP contribution in [0.4, 0.5) is 5.69 Å². The fourth-order valence-electron chi connectivity index (χ4n) is 1.44. The quantitative estimate of drug-likeness (QED) is 0.470. The summed E-state index contributed by atoms with van der Waals surface area (Å²) in [6, 6.07) is 4.95. The van der Waals surface area contributed by atoms with Crippen LogP contribution in [0, 0.1) is 0 Å². The van der Waals surface area contributed by atoms with Gasteiger partial charge in [-0.15, -0.1) is 0 Å². The zero-order valence-corrected chi connectivity index (χ0v) is 12.2. The Kier molecular flexibility index (Phi) is 5.32. The van der Waals surface area contributed by atoms with Crippen molar-refractivity contribution in [3.63, 3.8) is 0 Å². The topological polar surface area (TPSA) is 55.8 Å². The van der Waals surface area contributed by atoms with Gasteiger partial charge in [-0.3, -0.25) is 0 Å². The number of carbonyl (C=O) groups excluding carboxylic acids is 2. The summed E-state index contributed by atoms with van der Waals surface area (Å²) in [5.41, 5.74) is 1.28. The normalized spacial score (nSPS) is 9.80. The van der Waals surface area contributed by atoms with Gasteiger partial charge in [0.15, 0.2) is 0 Å². The fourth-order valence-corrected chi connectivity index (χ4v) is 1.44. The molecule has 108 valence electrons. The largest absolute Gasteiger partial charge is 0.462 e. The molecular formula is C15H19NO4. The Bertz CT molecular complexity index is 535. The fraction of sp³-hybridized carbons (Fsp3) is 0.333. The number of esters is 2. The molecule has 0 spiro atoms. The molecule has 1 aromatic rings. The molecule has 1 rings (SSSR count). The van der Waals surface area contributed by atoms with Crippen molar-refractivity contribution >= 4 is 17.6 Å². The average molecular weight is 277 g/mol. The van der Waals surface area contributed by atoms with Gasteiger partial charge in [0.05, 0.1) is 6.61 Å². The second-order valence-corrected chi connectivity index (χ2v) is 4.47. The van der Waals surface area contributed by atoms with E-state index in [0.717, 1.165) is 5.69 Å². The van der Waals surface area contributed by atoms with Crippen LogP contribution in [0.5, 0.6) is 5.75 Å². The highest BCUT2D eigenvalue weighted by Gasteiger charge is 2.18. The lowest BCUT2D eigenvalue weighted by molar-refractivity contribution is -0.130. The lowest BCUT2D eigenvalue weighted by Crippen LogP contribution is -2.15.